The van der Waals surface area contributed by atoms with Crippen molar-refractivity contribution < 1.29 is 5.11 Å². The van der Waals surface area contributed by atoms with Crippen molar-refractivity contribution in [3.63, 3.8) is 0 Å². The van der Waals surface area contributed by atoms with Gasteiger partial charge in [-0.25, -0.2) is 0 Å². The van der Waals surface area contributed by atoms with Crippen LogP contribution in [0.3, 0.4) is 0 Å². The highest BCUT2D eigenvalue weighted by Crippen LogP contribution is 2.34. The molecule has 0 aliphatic heterocycles. The van der Waals surface area contributed by atoms with Gasteiger partial charge in [-0.05, 0) is 48.4 Å². The summed E-state index contributed by atoms with van der Waals surface area (Å²) in [4.78, 5) is 0. The average molecular weight is 423 g/mol. The van der Waals surface area contributed by atoms with Crippen LogP contribution in [0.2, 0.25) is 0 Å². The van der Waals surface area contributed by atoms with Gasteiger partial charge in [0.15, 0.2) is 0 Å². The van der Waals surface area contributed by atoms with Crippen molar-refractivity contribution in [2.24, 2.45) is 0 Å². The molecule has 172 valence electrons. The minimum absolute atomic E-state index is 0.399. The Kier molecular flexibility index (Phi) is 13.1. The lowest BCUT2D eigenvalue weighted by atomic mass is 9.89. The van der Waals surface area contributed by atoms with Crippen molar-refractivity contribution in [2.75, 3.05) is 0 Å². The van der Waals surface area contributed by atoms with Crippen LogP contribution in [0.25, 0.3) is 11.1 Å². The fourth-order valence-corrected chi connectivity index (χ4v) is 4.65. The number of aromatic hydroxyl groups is 1. The van der Waals surface area contributed by atoms with E-state index in [0.717, 1.165) is 12.0 Å². The highest BCUT2D eigenvalue weighted by atomic mass is 16.3. The molecule has 1 heteroatoms. The van der Waals surface area contributed by atoms with Gasteiger partial charge in [-0.2, -0.15) is 0 Å². The molecule has 0 atom stereocenters. The van der Waals surface area contributed by atoms with Crippen molar-refractivity contribution in [1.29, 1.82) is 0 Å². The molecule has 0 radical (unpaired) electrons. The van der Waals surface area contributed by atoms with Crippen LogP contribution in [0.4, 0.5) is 0 Å². The van der Waals surface area contributed by atoms with E-state index >= 15 is 0 Å². The van der Waals surface area contributed by atoms with Crippen molar-refractivity contribution in [3.8, 4) is 16.9 Å². The Morgan fingerprint density at radius 2 is 1.03 bits per heavy atom. The van der Waals surface area contributed by atoms with E-state index in [0.29, 0.717) is 5.75 Å². The van der Waals surface area contributed by atoms with Crippen molar-refractivity contribution >= 4 is 0 Å². The topological polar surface area (TPSA) is 20.2 Å². The summed E-state index contributed by atoms with van der Waals surface area (Å²) in [6.07, 6.45) is 21.1. The van der Waals surface area contributed by atoms with Gasteiger partial charge in [0.1, 0.15) is 5.75 Å². The van der Waals surface area contributed by atoms with Crippen LogP contribution in [0.5, 0.6) is 5.75 Å². The van der Waals surface area contributed by atoms with Gasteiger partial charge in [0.25, 0.3) is 0 Å². The minimum atomic E-state index is 0.399. The summed E-state index contributed by atoms with van der Waals surface area (Å²) in [6, 6.07) is 14.6. The first-order valence-corrected chi connectivity index (χ1v) is 13.2. The Morgan fingerprint density at radius 1 is 0.516 bits per heavy atom. The lowest BCUT2D eigenvalue weighted by Crippen LogP contribution is -1.99. The molecule has 0 spiro atoms. The number of unbranched alkanes of at least 4 members (excludes halogenated alkanes) is 12. The second-order valence-corrected chi connectivity index (χ2v) is 9.20. The number of aryl methyl sites for hydroxylation is 1. The van der Waals surface area contributed by atoms with Crippen LogP contribution in [-0.4, -0.2) is 5.11 Å². The summed E-state index contributed by atoms with van der Waals surface area (Å²) in [5.74, 6) is 0.399. The predicted molar refractivity (Wildman–Crippen MR) is 137 cm³/mol. The molecule has 2 aromatic rings. The number of rotatable bonds is 17. The molecular formula is C30H46O. The van der Waals surface area contributed by atoms with E-state index in [2.05, 4.69) is 38.1 Å². The van der Waals surface area contributed by atoms with Gasteiger partial charge in [-0.1, -0.05) is 127 Å². The fourth-order valence-electron chi connectivity index (χ4n) is 4.65. The third-order valence-electron chi connectivity index (χ3n) is 6.55. The summed E-state index contributed by atoms with van der Waals surface area (Å²) >= 11 is 0. The number of phenols is 1. The molecule has 31 heavy (non-hydrogen) atoms. The zero-order chi connectivity index (χ0) is 22.2. The maximum Gasteiger partial charge on any atom is 0.123 e. The molecule has 2 rings (SSSR count). The van der Waals surface area contributed by atoms with Crippen LogP contribution in [0.1, 0.15) is 115 Å². The summed E-state index contributed by atoms with van der Waals surface area (Å²) < 4.78 is 0. The number of hydrogen-bond donors (Lipinski definition) is 1. The lowest BCUT2D eigenvalue weighted by Gasteiger charge is -2.16. The normalized spacial score (nSPS) is 11.2. The van der Waals surface area contributed by atoms with E-state index in [1.807, 2.05) is 18.2 Å². The molecule has 0 unspecified atom stereocenters. The molecule has 0 amide bonds. The average Bonchev–Trinajstić information content (AvgIpc) is 2.79. The predicted octanol–water partition coefficient (Wildman–Crippen LogP) is 9.65. The van der Waals surface area contributed by atoms with Crippen LogP contribution in [0, 0.1) is 0 Å². The first-order chi connectivity index (χ1) is 15.3. The molecule has 1 nitrogen and oxygen atoms in total. The van der Waals surface area contributed by atoms with Crippen molar-refractivity contribution in [1.82, 2.24) is 0 Å². The van der Waals surface area contributed by atoms with Gasteiger partial charge < -0.3 is 5.11 Å². The van der Waals surface area contributed by atoms with Crippen LogP contribution in [0.15, 0.2) is 42.5 Å². The Morgan fingerprint density at radius 3 is 1.65 bits per heavy atom. The molecule has 2 aromatic carbocycles. The van der Waals surface area contributed by atoms with E-state index in [1.54, 1.807) is 0 Å². The van der Waals surface area contributed by atoms with Crippen LogP contribution < -0.4 is 0 Å². The number of para-hydroxylation sites is 1. The smallest absolute Gasteiger partial charge is 0.123 e. The second-order valence-electron chi connectivity index (χ2n) is 9.20. The molecule has 1 N–H and O–H groups in total. The first kappa shape index (κ1) is 25.5. The van der Waals surface area contributed by atoms with Gasteiger partial charge in [0, 0.05) is 5.56 Å². The SMILES string of the molecule is CCCCCCCCCc1cccc(-c2ccccc2O)c1CCCCCCCCC. The Bertz CT molecular complexity index is 718. The standard InChI is InChI=1S/C30H46O/c1-3-5-7-9-11-13-15-20-26-21-19-24-28(29-23-17-18-25-30(29)31)27(26)22-16-14-12-10-8-6-4-2/h17-19,21,23-25,31H,3-16,20,22H2,1-2H3. The number of phenolic OH excluding ortho intramolecular Hbond substituents is 1. The van der Waals surface area contributed by atoms with Gasteiger partial charge >= 0.3 is 0 Å². The summed E-state index contributed by atoms with van der Waals surface area (Å²) in [5.41, 5.74) is 5.20. The van der Waals surface area contributed by atoms with Crippen molar-refractivity contribution in [3.05, 3.63) is 53.6 Å². The van der Waals surface area contributed by atoms with E-state index in [-0.39, 0.29) is 0 Å². The molecule has 0 heterocycles. The molecule has 0 fully saturated rings. The van der Waals surface area contributed by atoms with E-state index < -0.39 is 0 Å². The molecule has 0 aromatic heterocycles. The van der Waals surface area contributed by atoms with Gasteiger partial charge in [0.05, 0.1) is 0 Å². The van der Waals surface area contributed by atoms with E-state index in [1.165, 1.54) is 113 Å². The zero-order valence-electron chi connectivity index (χ0n) is 20.3. The van der Waals surface area contributed by atoms with E-state index in [9.17, 15) is 5.11 Å². The molecule has 0 saturated carbocycles. The van der Waals surface area contributed by atoms with Gasteiger partial charge in [0.2, 0.25) is 0 Å². The third-order valence-corrected chi connectivity index (χ3v) is 6.55. The monoisotopic (exact) mass is 422 g/mol. The van der Waals surface area contributed by atoms with Crippen LogP contribution >= 0.6 is 0 Å². The van der Waals surface area contributed by atoms with Gasteiger partial charge in [-0.15, -0.1) is 0 Å². The molecular weight excluding hydrogens is 376 g/mol. The second kappa shape index (κ2) is 16.0. The molecule has 0 bridgehead atoms. The Hall–Kier alpha value is -1.76. The van der Waals surface area contributed by atoms with Crippen LogP contribution in [-0.2, 0) is 12.8 Å². The molecule has 0 aliphatic rings. The maximum absolute atomic E-state index is 10.5. The minimum Gasteiger partial charge on any atom is -0.507 e. The Labute approximate surface area is 192 Å². The Balaban J connectivity index is 2.00. The maximum atomic E-state index is 10.5. The molecule has 0 saturated heterocycles. The quantitative estimate of drug-likeness (QED) is 0.251. The largest absolute Gasteiger partial charge is 0.507 e. The number of benzene rings is 2. The highest BCUT2D eigenvalue weighted by molar-refractivity contribution is 5.74. The highest BCUT2D eigenvalue weighted by Gasteiger charge is 2.12. The number of hydrogen-bond acceptors (Lipinski definition) is 1. The third kappa shape index (κ3) is 9.50. The lowest BCUT2D eigenvalue weighted by molar-refractivity contribution is 0.477. The first-order valence-electron chi connectivity index (χ1n) is 13.2. The molecule has 0 aliphatic carbocycles. The summed E-state index contributed by atoms with van der Waals surface area (Å²) in [5, 5.41) is 10.5. The summed E-state index contributed by atoms with van der Waals surface area (Å²) in [7, 11) is 0. The van der Waals surface area contributed by atoms with Gasteiger partial charge in [-0.3, -0.25) is 0 Å². The van der Waals surface area contributed by atoms with E-state index in [4.69, 9.17) is 0 Å². The fraction of sp³-hybridized carbons (Fsp3) is 0.600. The van der Waals surface area contributed by atoms with Crippen molar-refractivity contribution in [2.45, 2.75) is 117 Å². The summed E-state index contributed by atoms with van der Waals surface area (Å²) in [6.45, 7) is 4.56. The zero-order valence-corrected chi connectivity index (χ0v) is 20.3.